The van der Waals surface area contributed by atoms with Crippen LogP contribution in [0.15, 0.2) is 81.0 Å². The van der Waals surface area contributed by atoms with Crippen molar-refractivity contribution in [1.29, 1.82) is 0 Å². The third-order valence-corrected chi connectivity index (χ3v) is 18.0. The van der Waals surface area contributed by atoms with E-state index >= 15 is 0 Å². The number of allylic oxidation sites excluding steroid dienone is 4. The number of aliphatic hydroxyl groups excluding tert-OH is 1. The number of carbonyl (C=O) groups excluding carboxylic acids is 5. The van der Waals surface area contributed by atoms with Gasteiger partial charge in [0.1, 0.15) is 32.3 Å². The van der Waals surface area contributed by atoms with Crippen molar-refractivity contribution in [2.45, 2.75) is 269 Å². The summed E-state index contributed by atoms with van der Waals surface area (Å²) in [6.07, 6.45) is 47.5. The Morgan fingerprint density at radius 3 is 1.05 bits per heavy atom. The van der Waals surface area contributed by atoms with Crippen LogP contribution in [0.5, 0.6) is 0 Å². The molecule has 0 radical (unpaired) electrons. The molecule has 630 valence electrons. The van der Waals surface area contributed by atoms with E-state index < -0.39 is 44.5 Å². The van der Waals surface area contributed by atoms with Crippen molar-refractivity contribution < 1.29 is 123 Å². The van der Waals surface area contributed by atoms with Crippen molar-refractivity contribution in [2.24, 2.45) is 0 Å². The van der Waals surface area contributed by atoms with Gasteiger partial charge in [-0.2, -0.15) is 11.1 Å². The zero-order valence-electron chi connectivity index (χ0n) is 69.8. The fourth-order valence-electron chi connectivity index (χ4n) is 11.4. The summed E-state index contributed by atoms with van der Waals surface area (Å²) in [5.41, 5.74) is 1.37. The van der Waals surface area contributed by atoms with E-state index in [1.165, 1.54) is 95.5 Å². The average molecular weight is 1600 g/mol. The van der Waals surface area contributed by atoms with Crippen LogP contribution in [0, 0.1) is 6.92 Å². The molecule has 0 saturated carbocycles. The fourth-order valence-corrected chi connectivity index (χ4v) is 11.9. The number of quaternary nitrogens is 4. The number of hydrogen-bond donors (Lipinski definition) is 7. The Bertz CT molecular complexity index is 2660. The van der Waals surface area contributed by atoms with E-state index in [0.717, 1.165) is 159 Å². The van der Waals surface area contributed by atoms with Gasteiger partial charge in [0.2, 0.25) is 23.6 Å². The largest absolute Gasteiger partial charge is 1.00 e. The maximum atomic E-state index is 11.9. The molecular weight excluding hydrogens is 1440 g/mol. The predicted molar refractivity (Wildman–Crippen MR) is 435 cm³/mol. The molecule has 0 spiro atoms. The predicted octanol–water partition coefficient (Wildman–Crippen LogP) is 9.21. The molecule has 0 aromatic heterocycles. The van der Waals surface area contributed by atoms with Crippen molar-refractivity contribution in [3.63, 3.8) is 0 Å². The van der Waals surface area contributed by atoms with Gasteiger partial charge in [0.25, 0.3) is 0 Å². The molecule has 109 heavy (non-hydrogen) atoms. The summed E-state index contributed by atoms with van der Waals surface area (Å²) < 4.78 is 59.0. The second kappa shape index (κ2) is 78.6. The maximum Gasteiger partial charge on any atom is 1.00 e. The molecule has 0 heterocycles. The number of rotatable bonds is 64. The minimum Gasteiger partial charge on any atom is -0.748 e. The van der Waals surface area contributed by atoms with E-state index in [1.807, 2.05) is 52.5 Å². The first-order valence-electron chi connectivity index (χ1n) is 40.1. The van der Waals surface area contributed by atoms with Crippen molar-refractivity contribution >= 4 is 56.3 Å². The number of hydroxylamine groups is 3. The van der Waals surface area contributed by atoms with Crippen molar-refractivity contribution in [1.82, 2.24) is 21.3 Å². The first kappa shape index (κ1) is 115. The number of amides is 4. The van der Waals surface area contributed by atoms with E-state index in [-0.39, 0.29) is 70.9 Å². The quantitative estimate of drug-likeness (QED) is 0.00607. The van der Waals surface area contributed by atoms with Crippen LogP contribution in [0.2, 0.25) is 0 Å². The zero-order chi connectivity index (χ0) is 82.7. The summed E-state index contributed by atoms with van der Waals surface area (Å²) in [6.45, 7) is 25.5. The van der Waals surface area contributed by atoms with Gasteiger partial charge in [-0.05, 0) is 83.5 Å². The Hall–Kier alpha value is -4.71. The summed E-state index contributed by atoms with van der Waals surface area (Å²) >= 11 is 0. The van der Waals surface area contributed by atoms with Crippen LogP contribution in [-0.2, 0) is 56.0 Å². The normalized spacial score (nSPS) is 11.3. The molecule has 27 heteroatoms. The molecular formula is C82H155N8NaO16S2+2. The summed E-state index contributed by atoms with van der Waals surface area (Å²) in [7, 11) is 7.85. The van der Waals surface area contributed by atoms with Crippen LogP contribution in [0.25, 0.3) is 0 Å². The molecule has 0 aliphatic carbocycles. The van der Waals surface area contributed by atoms with Crippen molar-refractivity contribution in [3.05, 3.63) is 93.4 Å². The number of unbranched alkanes of at least 4 members (excludes halogenated alkanes) is 26. The van der Waals surface area contributed by atoms with Gasteiger partial charge in [-0.25, -0.2) is 13.6 Å². The first-order valence-corrected chi connectivity index (χ1v) is 42.7. The Morgan fingerprint density at radius 1 is 0.468 bits per heavy atom. The monoisotopic (exact) mass is 1600 g/mol. The zero-order valence-corrected chi connectivity index (χ0v) is 73.5. The molecule has 7 N–H and O–H groups in total. The summed E-state index contributed by atoms with van der Waals surface area (Å²) in [5.74, 6) is -1.99. The van der Waals surface area contributed by atoms with Gasteiger partial charge in [-0.15, -0.1) is 38.9 Å². The number of nitrogens with one attached hydrogen (secondary N) is 4. The second-order valence-electron chi connectivity index (χ2n) is 30.6. The third kappa shape index (κ3) is 105. The molecule has 1 aromatic carbocycles. The third-order valence-electron chi connectivity index (χ3n) is 17.2. The van der Waals surface area contributed by atoms with Gasteiger partial charge < -0.3 is 66.3 Å². The molecule has 0 aliphatic heterocycles. The fraction of sp³-hybridized carbons (Fsp3) is 0.744. The van der Waals surface area contributed by atoms with Crippen molar-refractivity contribution in [2.75, 3.05) is 128 Å². The number of aliphatic hydroxyl groups is 1. The van der Waals surface area contributed by atoms with E-state index in [1.54, 1.807) is 14.1 Å². The van der Waals surface area contributed by atoms with Gasteiger partial charge in [-0.1, -0.05) is 164 Å². The molecule has 1 rings (SSSR count). The molecule has 24 nitrogen and oxygen atoms in total. The molecule has 1 atom stereocenters. The Kier molecular flexibility index (Phi) is 83.0. The van der Waals surface area contributed by atoms with Crippen LogP contribution >= 0.6 is 0 Å². The smallest absolute Gasteiger partial charge is 0.748 e. The van der Waals surface area contributed by atoms with Crippen LogP contribution < -0.4 is 55.9 Å². The number of aliphatic carboxylic acids is 2. The molecule has 1 unspecified atom stereocenters. The molecule has 1 aromatic rings. The number of carboxylic acid groups (broad SMARTS) is 2. The Labute approximate surface area is 686 Å². The number of carboxylic acids is 2. The first-order chi connectivity index (χ1) is 50.9. The molecule has 0 saturated heterocycles. The van der Waals surface area contributed by atoms with Gasteiger partial charge in [-0.3, -0.25) is 24.0 Å². The number of nitrogens with zero attached hydrogens (tertiary/aromatic N) is 4. The standard InChI is InChI=1S/C22H36N2O.C18H36N2O5S.C17H32N2O3.C15H32N2O2.C10H18O2.Na.O3S/c1-4-5-6-7-8-9-13-17-22(25)23-18-14-19-24(2,3)20-21-15-11-10-12-16-21;1-4-5-6-7-8-9-10-12-18(22)19-13-11-14-20(2,3)15-17(21)16-26(23,24)25;1-4-5-6-7-8-9-10-12-16(20)18-13-11-14-19(2,3)15-17(21)22;1-4-5-6-7-8-9-10-12-15(18)16-13-11-14-17(2,3)19;1-2-3-4-5-6-7-8-9-10(11)12;;1-4(2)3/h4,10-12,15-16H,1,5-9,13-14,17-20H2,2-3H3;4,17,21H,1,5-16H2,2-3H3,(H-,19,22,23,24,25);4H,1,5-15H2,2-3H3,(H-,18,20,21,22);19H,1,4-14H2,2-3H3,(H,16,18);2H,1,3-9H2,(H,11,12);;/q;;;;;+1;/p+1. The summed E-state index contributed by atoms with van der Waals surface area (Å²) in [6, 6.07) is 10.6. The molecule has 4 amide bonds. The topological polar surface area (TPSA) is 343 Å². The molecule has 0 bridgehead atoms. The SMILES string of the molecule is C=CCCCCCCCC(=O)NCCC[N+](C)(C)CC(=O)[O-].C=CCCCCCCCC(=O)NCCC[N+](C)(C)CC(O)CS(=O)(=O)[O-].C=CCCCCCCCC(=O)NCCC[N+](C)(C)Cc1ccccc1.C=CCCCCCCCC(=O)O.O=S(=O)=O.[CH2-]CCCCCCCCC(=O)NCCC[N+](C)(C)O.[Na+]. The van der Waals surface area contributed by atoms with E-state index in [9.17, 15) is 57.2 Å². The Morgan fingerprint density at radius 2 is 0.752 bits per heavy atom. The number of benzene rings is 1. The second-order valence-corrected chi connectivity index (χ2v) is 32.4. The van der Waals surface area contributed by atoms with Gasteiger partial charge in [0, 0.05) is 89.5 Å². The average Bonchev–Trinajstić information content (AvgIpc) is 0.900. The van der Waals surface area contributed by atoms with Crippen LogP contribution in [0.4, 0.5) is 0 Å². The maximum absolute atomic E-state index is 11.9. The summed E-state index contributed by atoms with van der Waals surface area (Å²) in [5, 5.41) is 49.8. The van der Waals surface area contributed by atoms with Crippen molar-refractivity contribution in [3.8, 4) is 0 Å². The summed E-state index contributed by atoms with van der Waals surface area (Å²) in [4.78, 5) is 67.5. The van der Waals surface area contributed by atoms with Crippen LogP contribution in [0.3, 0.4) is 0 Å². The van der Waals surface area contributed by atoms with Gasteiger partial charge in [0.05, 0.1) is 97.9 Å². The van der Waals surface area contributed by atoms with Gasteiger partial charge >= 0.3 is 46.1 Å². The number of carbonyl (C=O) groups is 6. The number of likely N-dealkylation sites (N-methyl/N-ethyl adjacent to an activating group) is 2. The minimum atomic E-state index is -4.42. The minimum absolute atomic E-state index is 0. The van der Waals surface area contributed by atoms with Gasteiger partial charge in [0.15, 0.2) is 0 Å². The molecule has 0 aliphatic rings. The Balaban J connectivity index is -0.000000304. The van der Waals surface area contributed by atoms with Crippen LogP contribution in [-0.4, -0.2) is 228 Å². The molecule has 0 fully saturated rings. The number of hydrogen-bond acceptors (Lipinski definition) is 15. The van der Waals surface area contributed by atoms with Crippen LogP contribution in [0.1, 0.15) is 262 Å². The van der Waals surface area contributed by atoms with E-state index in [0.29, 0.717) is 80.3 Å². The van der Waals surface area contributed by atoms with E-state index in [2.05, 4.69) is 98.9 Å². The van der Waals surface area contributed by atoms with E-state index in [4.69, 9.17) is 17.7 Å².